The molecule has 4 nitrogen and oxygen atoms in total. The van der Waals surface area contributed by atoms with Gasteiger partial charge in [0.25, 0.3) is 0 Å². The molecule has 2 N–H and O–H groups in total. The van der Waals surface area contributed by atoms with Crippen LogP contribution >= 0.6 is 23.2 Å². The van der Waals surface area contributed by atoms with E-state index in [1.807, 2.05) is 16.7 Å². The highest BCUT2D eigenvalue weighted by atomic mass is 35.5. The summed E-state index contributed by atoms with van der Waals surface area (Å²) in [7, 11) is 0. The molecule has 104 valence electrons. The number of hydrogen-bond donors (Lipinski definition) is 1. The number of imidazole rings is 1. The molecule has 0 amide bonds. The molecule has 3 aromatic rings. The minimum Gasteiger partial charge on any atom is -0.369 e. The summed E-state index contributed by atoms with van der Waals surface area (Å²) >= 11 is 12.1. The van der Waals surface area contributed by atoms with Gasteiger partial charge in [-0.3, -0.25) is 0 Å². The summed E-state index contributed by atoms with van der Waals surface area (Å²) in [6.07, 6.45) is 0. The van der Waals surface area contributed by atoms with Gasteiger partial charge in [0.05, 0.1) is 39.3 Å². The third-order valence-electron chi connectivity index (χ3n) is 3.24. The summed E-state index contributed by atoms with van der Waals surface area (Å²) in [5, 5.41) is 9.73. The summed E-state index contributed by atoms with van der Waals surface area (Å²) in [4.78, 5) is 4.29. The maximum Gasteiger partial charge on any atom is 0.201 e. The number of nitrogens with two attached hydrogens (primary N) is 1. The number of anilines is 1. The second kappa shape index (κ2) is 5.28. The predicted molar refractivity (Wildman–Crippen MR) is 84.4 cm³/mol. The van der Waals surface area contributed by atoms with Crippen molar-refractivity contribution in [1.82, 2.24) is 9.55 Å². The molecule has 0 atom stereocenters. The number of hydrogen-bond acceptors (Lipinski definition) is 3. The molecule has 0 aliphatic rings. The predicted octanol–water partition coefficient (Wildman–Crippen LogP) is 3.85. The quantitative estimate of drug-likeness (QED) is 0.780. The normalized spacial score (nSPS) is 10.7. The molecule has 0 bridgehead atoms. The molecule has 2 aromatic carbocycles. The van der Waals surface area contributed by atoms with Gasteiger partial charge < -0.3 is 10.3 Å². The average Bonchev–Trinajstić information content (AvgIpc) is 2.76. The number of nitriles is 1. The molecule has 21 heavy (non-hydrogen) atoms. The molecule has 1 aromatic heterocycles. The minimum atomic E-state index is 0.396. The Kier molecular flexibility index (Phi) is 3.46. The van der Waals surface area contributed by atoms with Crippen molar-refractivity contribution in [3.8, 4) is 6.07 Å². The fraction of sp³-hybridized carbons (Fsp3) is 0.0667. The third kappa shape index (κ3) is 2.54. The average molecular weight is 317 g/mol. The lowest BCUT2D eigenvalue weighted by Crippen LogP contribution is -2.04. The van der Waals surface area contributed by atoms with Crippen molar-refractivity contribution >= 4 is 40.2 Å². The summed E-state index contributed by atoms with van der Waals surface area (Å²) < 4.78 is 1.86. The van der Waals surface area contributed by atoms with Crippen LogP contribution in [0.5, 0.6) is 0 Å². The molecule has 1 heterocycles. The number of nitrogens with zero attached hydrogens (tertiary/aromatic N) is 3. The van der Waals surface area contributed by atoms with Crippen LogP contribution in [0.25, 0.3) is 11.0 Å². The molecule has 0 aliphatic heterocycles. The molecule has 0 aliphatic carbocycles. The van der Waals surface area contributed by atoms with Crippen LogP contribution in [0.3, 0.4) is 0 Å². The molecular weight excluding hydrogens is 307 g/mol. The first kappa shape index (κ1) is 13.7. The molecule has 3 rings (SSSR count). The first-order valence-corrected chi connectivity index (χ1v) is 6.94. The van der Waals surface area contributed by atoms with Crippen LogP contribution in [0.2, 0.25) is 10.0 Å². The maximum absolute atomic E-state index is 8.81. The summed E-state index contributed by atoms with van der Waals surface area (Å²) in [6, 6.07) is 12.9. The van der Waals surface area contributed by atoms with Crippen molar-refractivity contribution < 1.29 is 0 Å². The van der Waals surface area contributed by atoms with Gasteiger partial charge in [-0.2, -0.15) is 5.26 Å². The Bertz CT molecular complexity index is 860. The van der Waals surface area contributed by atoms with E-state index in [4.69, 9.17) is 34.2 Å². The van der Waals surface area contributed by atoms with Crippen LogP contribution in [-0.2, 0) is 6.54 Å². The van der Waals surface area contributed by atoms with Crippen molar-refractivity contribution in [1.29, 1.82) is 5.26 Å². The minimum absolute atomic E-state index is 0.396. The number of rotatable bonds is 2. The Morgan fingerprint density at radius 2 is 1.81 bits per heavy atom. The number of fused-ring (bicyclic) bond motifs is 1. The van der Waals surface area contributed by atoms with E-state index in [0.29, 0.717) is 33.6 Å². The number of aromatic nitrogens is 2. The van der Waals surface area contributed by atoms with Gasteiger partial charge in [-0.1, -0.05) is 35.3 Å². The van der Waals surface area contributed by atoms with Crippen molar-refractivity contribution in [3.05, 3.63) is 57.6 Å². The number of halogens is 2. The summed E-state index contributed by atoms with van der Waals surface area (Å²) in [5.41, 5.74) is 9.14. The fourth-order valence-electron chi connectivity index (χ4n) is 2.17. The van der Waals surface area contributed by atoms with Crippen LogP contribution in [0.15, 0.2) is 36.4 Å². The zero-order valence-electron chi connectivity index (χ0n) is 10.8. The van der Waals surface area contributed by atoms with E-state index in [1.54, 1.807) is 24.3 Å². The van der Waals surface area contributed by atoms with Crippen LogP contribution < -0.4 is 5.73 Å². The monoisotopic (exact) mass is 316 g/mol. The zero-order valence-corrected chi connectivity index (χ0v) is 12.4. The van der Waals surface area contributed by atoms with Crippen LogP contribution in [0, 0.1) is 11.3 Å². The first-order valence-electron chi connectivity index (χ1n) is 6.18. The van der Waals surface area contributed by atoms with Crippen molar-refractivity contribution in [2.24, 2.45) is 0 Å². The van der Waals surface area contributed by atoms with Crippen LogP contribution in [-0.4, -0.2) is 9.55 Å². The Balaban J connectivity index is 2.05. The second-order valence-electron chi connectivity index (χ2n) is 4.62. The maximum atomic E-state index is 8.81. The summed E-state index contributed by atoms with van der Waals surface area (Å²) in [6.45, 7) is 0.548. The molecule has 0 unspecified atom stereocenters. The van der Waals surface area contributed by atoms with Gasteiger partial charge in [0.15, 0.2) is 0 Å². The standard InChI is InChI=1S/C15H10Cl2N4/c16-11-5-13-14(6-12(11)17)21(15(19)20-13)8-10-3-1-9(7-18)2-4-10/h1-6H,8H2,(H2,19,20). The largest absolute Gasteiger partial charge is 0.369 e. The molecule has 0 fully saturated rings. The lowest BCUT2D eigenvalue weighted by Gasteiger charge is -2.07. The highest BCUT2D eigenvalue weighted by Crippen LogP contribution is 2.29. The van der Waals surface area contributed by atoms with Gasteiger partial charge in [0.2, 0.25) is 5.95 Å². The lowest BCUT2D eigenvalue weighted by molar-refractivity contribution is 0.838. The van der Waals surface area contributed by atoms with E-state index in [9.17, 15) is 0 Å². The van der Waals surface area contributed by atoms with Crippen molar-refractivity contribution in [2.45, 2.75) is 6.54 Å². The fourth-order valence-corrected chi connectivity index (χ4v) is 2.49. The number of benzene rings is 2. The second-order valence-corrected chi connectivity index (χ2v) is 5.43. The van der Waals surface area contributed by atoms with Crippen LogP contribution in [0.1, 0.15) is 11.1 Å². The Labute approximate surface area is 131 Å². The van der Waals surface area contributed by atoms with E-state index >= 15 is 0 Å². The lowest BCUT2D eigenvalue weighted by atomic mass is 10.1. The van der Waals surface area contributed by atoms with E-state index in [1.165, 1.54) is 0 Å². The van der Waals surface area contributed by atoms with Crippen molar-refractivity contribution in [3.63, 3.8) is 0 Å². The highest BCUT2D eigenvalue weighted by molar-refractivity contribution is 6.42. The van der Waals surface area contributed by atoms with Gasteiger partial charge in [-0.05, 0) is 29.8 Å². The first-order chi connectivity index (χ1) is 10.1. The molecule has 6 heteroatoms. The van der Waals surface area contributed by atoms with E-state index in [0.717, 1.165) is 11.1 Å². The SMILES string of the molecule is N#Cc1ccc(Cn2c(N)nc3cc(Cl)c(Cl)cc32)cc1. The third-order valence-corrected chi connectivity index (χ3v) is 3.97. The molecule has 0 radical (unpaired) electrons. The topological polar surface area (TPSA) is 67.6 Å². The Morgan fingerprint density at radius 1 is 1.14 bits per heavy atom. The van der Waals surface area contributed by atoms with E-state index in [-0.39, 0.29) is 0 Å². The molecule has 0 saturated carbocycles. The molecule has 0 spiro atoms. The Hall–Kier alpha value is -2.22. The van der Waals surface area contributed by atoms with Gasteiger partial charge in [0, 0.05) is 0 Å². The smallest absolute Gasteiger partial charge is 0.201 e. The van der Waals surface area contributed by atoms with E-state index < -0.39 is 0 Å². The number of nitrogen functional groups attached to an aromatic ring is 1. The van der Waals surface area contributed by atoms with E-state index in [2.05, 4.69) is 11.1 Å². The van der Waals surface area contributed by atoms with Crippen molar-refractivity contribution in [2.75, 3.05) is 5.73 Å². The van der Waals surface area contributed by atoms with Gasteiger partial charge in [-0.25, -0.2) is 4.98 Å². The molecular formula is C15H10Cl2N4. The summed E-state index contributed by atoms with van der Waals surface area (Å²) in [5.74, 6) is 0.396. The zero-order chi connectivity index (χ0) is 15.0. The van der Waals surface area contributed by atoms with Gasteiger partial charge in [0.1, 0.15) is 0 Å². The highest BCUT2D eigenvalue weighted by Gasteiger charge is 2.11. The Morgan fingerprint density at radius 3 is 2.48 bits per heavy atom. The molecule has 0 saturated heterocycles. The van der Waals surface area contributed by atoms with Gasteiger partial charge >= 0.3 is 0 Å². The van der Waals surface area contributed by atoms with Gasteiger partial charge in [-0.15, -0.1) is 0 Å². The van der Waals surface area contributed by atoms with Crippen LogP contribution in [0.4, 0.5) is 5.95 Å².